The van der Waals surface area contributed by atoms with E-state index in [-0.39, 0.29) is 33.0 Å². The first-order valence-electron chi connectivity index (χ1n) is 6.62. The van der Waals surface area contributed by atoms with E-state index in [9.17, 15) is 14.7 Å². The van der Waals surface area contributed by atoms with E-state index in [1.165, 1.54) is 0 Å². The smallest absolute Gasteiger partial charge is 0.330 e. The van der Waals surface area contributed by atoms with Crippen LogP contribution in [0.25, 0.3) is 0 Å². The van der Waals surface area contributed by atoms with Crippen molar-refractivity contribution in [1.82, 2.24) is 0 Å². The summed E-state index contributed by atoms with van der Waals surface area (Å²) in [5.74, 6) is -1.43. The van der Waals surface area contributed by atoms with Gasteiger partial charge in [-0.3, -0.25) is 0 Å². The number of aliphatic hydroxyl groups is 2. The minimum atomic E-state index is -1.00. The molecule has 0 rings (SSSR count). The second-order valence-corrected chi connectivity index (χ2v) is 3.94. The molecule has 0 aromatic heterocycles. The van der Waals surface area contributed by atoms with Crippen LogP contribution in [0.3, 0.4) is 0 Å². The fraction of sp³-hybridized carbons (Fsp3) is 0.571. The molecule has 0 saturated carbocycles. The van der Waals surface area contributed by atoms with Crippen molar-refractivity contribution in [3.05, 3.63) is 25.3 Å². The Hall–Kier alpha value is -1.74. The summed E-state index contributed by atoms with van der Waals surface area (Å²) in [6.07, 6.45) is 0.00174. The van der Waals surface area contributed by atoms with Crippen molar-refractivity contribution < 1.29 is 38.7 Å². The van der Waals surface area contributed by atoms with Crippen LogP contribution in [0.15, 0.2) is 25.3 Å². The summed E-state index contributed by atoms with van der Waals surface area (Å²) in [5.41, 5.74) is 0. The average molecular weight is 318 g/mol. The largest absolute Gasteiger partial charge is 0.458 e. The van der Waals surface area contributed by atoms with Crippen LogP contribution in [-0.4, -0.2) is 74.0 Å². The fourth-order valence-corrected chi connectivity index (χ4v) is 1.34. The van der Waals surface area contributed by atoms with Gasteiger partial charge in [-0.2, -0.15) is 0 Å². The van der Waals surface area contributed by atoms with E-state index in [2.05, 4.69) is 13.2 Å². The van der Waals surface area contributed by atoms with Crippen LogP contribution >= 0.6 is 0 Å². The van der Waals surface area contributed by atoms with Crippen molar-refractivity contribution in [2.24, 2.45) is 0 Å². The van der Waals surface area contributed by atoms with Gasteiger partial charge < -0.3 is 29.2 Å². The minimum absolute atomic E-state index is 0.1000. The van der Waals surface area contributed by atoms with Crippen LogP contribution in [0, 0.1) is 0 Å². The van der Waals surface area contributed by atoms with Gasteiger partial charge in [0.05, 0.1) is 33.0 Å². The molecule has 8 heteroatoms. The third-order valence-electron chi connectivity index (χ3n) is 2.38. The van der Waals surface area contributed by atoms with Gasteiger partial charge in [-0.15, -0.1) is 0 Å². The van der Waals surface area contributed by atoms with E-state index in [4.69, 9.17) is 24.1 Å². The van der Waals surface area contributed by atoms with Gasteiger partial charge in [-0.25, -0.2) is 9.59 Å². The molecule has 0 aliphatic heterocycles. The Balaban J connectivity index is 4.48. The third-order valence-corrected chi connectivity index (χ3v) is 2.38. The normalized spacial score (nSPS) is 13.0. The molecule has 22 heavy (non-hydrogen) atoms. The molecule has 0 aliphatic carbocycles. The predicted octanol–water partition coefficient (Wildman–Crippen LogP) is -0.800. The first-order chi connectivity index (χ1) is 10.6. The number of rotatable bonds is 13. The molecule has 0 spiro atoms. The predicted molar refractivity (Wildman–Crippen MR) is 76.0 cm³/mol. The molecule has 0 aromatic carbocycles. The number of hydrogen-bond acceptors (Lipinski definition) is 8. The summed E-state index contributed by atoms with van der Waals surface area (Å²) in [4.78, 5) is 22.3. The SMILES string of the molecule is C=CC(=O)OCC(OC(=O)C=C)C(CO)OCCOCCO. The van der Waals surface area contributed by atoms with Gasteiger partial charge in [0, 0.05) is 12.2 Å². The zero-order valence-corrected chi connectivity index (χ0v) is 12.3. The second-order valence-electron chi connectivity index (χ2n) is 3.94. The molecule has 126 valence electrons. The molecule has 0 fully saturated rings. The number of ether oxygens (including phenoxy) is 4. The average Bonchev–Trinajstić information content (AvgIpc) is 2.54. The molecule has 8 nitrogen and oxygen atoms in total. The summed E-state index contributed by atoms with van der Waals surface area (Å²) >= 11 is 0. The lowest BCUT2D eigenvalue weighted by Gasteiger charge is -2.25. The van der Waals surface area contributed by atoms with Crippen LogP contribution in [0.2, 0.25) is 0 Å². The maximum atomic E-state index is 11.3. The molecule has 2 atom stereocenters. The molecule has 0 aromatic rings. The molecule has 0 amide bonds. The molecule has 0 heterocycles. The van der Waals surface area contributed by atoms with Gasteiger partial charge in [0.15, 0.2) is 6.10 Å². The molecule has 0 radical (unpaired) electrons. The zero-order valence-electron chi connectivity index (χ0n) is 12.3. The van der Waals surface area contributed by atoms with Crippen LogP contribution in [0.1, 0.15) is 0 Å². The lowest BCUT2D eigenvalue weighted by molar-refractivity contribution is -0.167. The quantitative estimate of drug-likeness (QED) is 0.258. The van der Waals surface area contributed by atoms with Crippen molar-refractivity contribution >= 4 is 11.9 Å². The highest BCUT2D eigenvalue weighted by molar-refractivity contribution is 5.82. The lowest BCUT2D eigenvalue weighted by atomic mass is 10.2. The van der Waals surface area contributed by atoms with E-state index in [1.807, 2.05) is 0 Å². The number of carbonyl (C=O) groups is 2. The monoisotopic (exact) mass is 318 g/mol. The van der Waals surface area contributed by atoms with Crippen LogP contribution in [0.4, 0.5) is 0 Å². The van der Waals surface area contributed by atoms with Crippen LogP contribution < -0.4 is 0 Å². The highest BCUT2D eigenvalue weighted by atomic mass is 16.6. The van der Waals surface area contributed by atoms with E-state index in [1.54, 1.807) is 0 Å². The number of esters is 2. The Bertz CT molecular complexity index is 355. The molecule has 2 N–H and O–H groups in total. The van der Waals surface area contributed by atoms with Gasteiger partial charge in [0.25, 0.3) is 0 Å². The highest BCUT2D eigenvalue weighted by Crippen LogP contribution is 2.07. The summed E-state index contributed by atoms with van der Waals surface area (Å²) in [6, 6.07) is 0. The van der Waals surface area contributed by atoms with E-state index in [0.717, 1.165) is 12.2 Å². The van der Waals surface area contributed by atoms with Crippen molar-refractivity contribution in [2.45, 2.75) is 12.2 Å². The van der Waals surface area contributed by atoms with E-state index in [0.29, 0.717) is 0 Å². The summed E-state index contributed by atoms with van der Waals surface area (Å²) < 4.78 is 20.1. The Morgan fingerprint density at radius 1 is 1.00 bits per heavy atom. The molecule has 0 saturated heterocycles. The number of aliphatic hydroxyl groups excluding tert-OH is 2. The Morgan fingerprint density at radius 2 is 1.68 bits per heavy atom. The Kier molecular flexibility index (Phi) is 11.9. The fourth-order valence-electron chi connectivity index (χ4n) is 1.34. The first kappa shape index (κ1) is 20.3. The van der Waals surface area contributed by atoms with Crippen molar-refractivity contribution in [3.63, 3.8) is 0 Å². The molecular weight excluding hydrogens is 296 g/mol. The van der Waals surface area contributed by atoms with Crippen LogP contribution in [0.5, 0.6) is 0 Å². The Labute approximate surface area is 128 Å². The first-order valence-corrected chi connectivity index (χ1v) is 6.62. The number of hydrogen-bond donors (Lipinski definition) is 2. The maximum absolute atomic E-state index is 11.3. The van der Waals surface area contributed by atoms with Gasteiger partial charge in [-0.1, -0.05) is 13.2 Å². The van der Waals surface area contributed by atoms with Gasteiger partial charge in [-0.05, 0) is 0 Å². The standard InChI is InChI=1S/C14H22O8/c1-3-13(17)21-10-12(22-14(18)4-2)11(9-16)20-8-7-19-6-5-15/h3-4,11-12,15-16H,1-2,5-10H2. The maximum Gasteiger partial charge on any atom is 0.330 e. The van der Waals surface area contributed by atoms with Gasteiger partial charge in [0.2, 0.25) is 0 Å². The van der Waals surface area contributed by atoms with Gasteiger partial charge >= 0.3 is 11.9 Å². The lowest BCUT2D eigenvalue weighted by Crippen LogP contribution is -2.40. The Morgan fingerprint density at radius 3 is 2.23 bits per heavy atom. The van der Waals surface area contributed by atoms with Crippen molar-refractivity contribution in [1.29, 1.82) is 0 Å². The third kappa shape index (κ3) is 9.24. The van der Waals surface area contributed by atoms with Crippen LogP contribution in [-0.2, 0) is 28.5 Å². The molecular formula is C14H22O8. The number of carbonyl (C=O) groups excluding carboxylic acids is 2. The summed E-state index contributed by atoms with van der Waals surface area (Å²) in [5, 5.41) is 17.9. The van der Waals surface area contributed by atoms with Crippen molar-refractivity contribution in [3.8, 4) is 0 Å². The van der Waals surface area contributed by atoms with E-state index >= 15 is 0 Å². The zero-order chi connectivity index (χ0) is 16.8. The summed E-state index contributed by atoms with van der Waals surface area (Å²) in [7, 11) is 0. The highest BCUT2D eigenvalue weighted by Gasteiger charge is 2.26. The minimum Gasteiger partial charge on any atom is -0.458 e. The molecule has 2 unspecified atom stereocenters. The second kappa shape index (κ2) is 13.0. The van der Waals surface area contributed by atoms with Gasteiger partial charge in [0.1, 0.15) is 12.7 Å². The molecule has 0 aliphatic rings. The van der Waals surface area contributed by atoms with Crippen molar-refractivity contribution in [2.75, 3.05) is 39.6 Å². The molecule has 0 bridgehead atoms. The van der Waals surface area contributed by atoms with E-state index < -0.39 is 30.8 Å². The topological polar surface area (TPSA) is 112 Å². The summed E-state index contributed by atoms with van der Waals surface area (Å²) in [6.45, 7) is 6.09.